The van der Waals surface area contributed by atoms with Gasteiger partial charge in [0.2, 0.25) is 12.1 Å². The minimum atomic E-state index is -2.11. The molecule has 0 bridgehead atoms. The molecular formula is C23H37NO6Si. The Hall–Kier alpha value is -2.06. The van der Waals surface area contributed by atoms with Gasteiger partial charge in [-0.2, -0.15) is 0 Å². The lowest BCUT2D eigenvalue weighted by Gasteiger charge is -2.45. The van der Waals surface area contributed by atoms with Crippen molar-refractivity contribution in [2.45, 2.75) is 77.4 Å². The first-order chi connectivity index (χ1) is 14.4. The predicted octanol–water partition coefficient (Wildman–Crippen LogP) is 4.15. The third-order valence-corrected chi connectivity index (χ3v) is 10.7. The highest BCUT2D eigenvalue weighted by molar-refractivity contribution is 6.74. The summed E-state index contributed by atoms with van der Waals surface area (Å²) >= 11 is 0. The quantitative estimate of drug-likeness (QED) is 0.437. The zero-order valence-electron chi connectivity index (χ0n) is 20.1. The molecule has 0 saturated carbocycles. The summed E-state index contributed by atoms with van der Waals surface area (Å²) < 4.78 is 22.9. The number of carbonyl (C=O) groups is 2. The second-order valence-electron chi connectivity index (χ2n) is 9.48. The minimum Gasteiger partial charge on any atom is -0.493 e. The fourth-order valence-electron chi connectivity index (χ4n) is 3.41. The largest absolute Gasteiger partial charge is 0.493 e. The first kappa shape index (κ1) is 25.2. The summed E-state index contributed by atoms with van der Waals surface area (Å²) in [5.74, 6) is 0.850. The van der Waals surface area contributed by atoms with Crippen molar-refractivity contribution in [3.63, 3.8) is 0 Å². The van der Waals surface area contributed by atoms with Crippen LogP contribution in [0.15, 0.2) is 18.2 Å². The van der Waals surface area contributed by atoms with E-state index >= 15 is 0 Å². The monoisotopic (exact) mass is 451 g/mol. The van der Waals surface area contributed by atoms with Crippen LogP contribution in [-0.4, -0.2) is 58.2 Å². The highest BCUT2D eigenvalue weighted by atomic mass is 28.4. The number of rotatable bonds is 8. The molecule has 0 N–H and O–H groups in total. The number of benzene rings is 1. The molecule has 0 spiro atoms. The van der Waals surface area contributed by atoms with Gasteiger partial charge >= 0.3 is 5.97 Å². The number of nitrogens with zero attached hydrogens (tertiary/aromatic N) is 1. The highest BCUT2D eigenvalue weighted by Gasteiger charge is 2.45. The zero-order valence-corrected chi connectivity index (χ0v) is 21.1. The van der Waals surface area contributed by atoms with E-state index in [0.717, 1.165) is 5.56 Å². The summed E-state index contributed by atoms with van der Waals surface area (Å²) in [4.78, 5) is 26.3. The molecular weight excluding hydrogens is 414 g/mol. The van der Waals surface area contributed by atoms with E-state index in [4.69, 9.17) is 18.6 Å². The molecule has 0 aromatic heterocycles. The van der Waals surface area contributed by atoms with Crippen LogP contribution < -0.4 is 9.47 Å². The Balaban J connectivity index is 2.22. The molecule has 1 aromatic rings. The number of methoxy groups -OCH3 is 2. The molecule has 1 aromatic carbocycles. The van der Waals surface area contributed by atoms with Crippen LogP contribution in [-0.2, 0) is 25.2 Å². The molecule has 0 radical (unpaired) electrons. The van der Waals surface area contributed by atoms with E-state index in [1.165, 1.54) is 6.92 Å². The fraction of sp³-hybridized carbons (Fsp3) is 0.652. The van der Waals surface area contributed by atoms with Crippen LogP contribution in [0.3, 0.4) is 0 Å². The Morgan fingerprint density at radius 3 is 2.35 bits per heavy atom. The molecule has 1 heterocycles. The fourth-order valence-corrected chi connectivity index (χ4v) is 4.76. The van der Waals surface area contributed by atoms with Crippen molar-refractivity contribution in [1.29, 1.82) is 0 Å². The molecule has 1 aliphatic heterocycles. The van der Waals surface area contributed by atoms with Gasteiger partial charge in [-0.15, -0.1) is 0 Å². The molecule has 1 saturated heterocycles. The summed E-state index contributed by atoms with van der Waals surface area (Å²) in [6.45, 7) is 12.6. The maximum atomic E-state index is 12.8. The Bertz CT molecular complexity index is 789. The van der Waals surface area contributed by atoms with E-state index in [9.17, 15) is 9.59 Å². The van der Waals surface area contributed by atoms with Gasteiger partial charge < -0.3 is 23.5 Å². The lowest BCUT2D eigenvalue weighted by Crippen LogP contribution is -2.58. The van der Waals surface area contributed by atoms with Crippen molar-refractivity contribution < 1.29 is 28.2 Å². The van der Waals surface area contributed by atoms with Crippen molar-refractivity contribution in [2.24, 2.45) is 0 Å². The van der Waals surface area contributed by atoms with Crippen LogP contribution in [0, 0.1) is 0 Å². The molecule has 2 atom stereocenters. The van der Waals surface area contributed by atoms with Crippen molar-refractivity contribution in [2.75, 3.05) is 20.8 Å². The lowest BCUT2D eigenvalue weighted by atomic mass is 10.0. The summed E-state index contributed by atoms with van der Waals surface area (Å²) in [6, 6.07) is 5.69. The first-order valence-electron chi connectivity index (χ1n) is 10.7. The molecule has 2 rings (SSSR count). The molecule has 7 nitrogen and oxygen atoms in total. The average Bonchev–Trinajstić information content (AvgIpc) is 2.68. The van der Waals surface area contributed by atoms with Gasteiger partial charge in [0, 0.05) is 19.9 Å². The lowest BCUT2D eigenvalue weighted by molar-refractivity contribution is -0.181. The maximum Gasteiger partial charge on any atom is 0.304 e. The van der Waals surface area contributed by atoms with E-state index < -0.39 is 20.5 Å². The van der Waals surface area contributed by atoms with Gasteiger partial charge in [0.15, 0.2) is 19.8 Å². The molecule has 0 aliphatic carbocycles. The number of ether oxygens (including phenoxy) is 3. The second-order valence-corrected chi connectivity index (χ2v) is 14.2. The van der Waals surface area contributed by atoms with Gasteiger partial charge in [-0.1, -0.05) is 26.8 Å². The van der Waals surface area contributed by atoms with Crippen LogP contribution >= 0.6 is 0 Å². The molecule has 31 heavy (non-hydrogen) atoms. The maximum absolute atomic E-state index is 12.8. The standard InChI is InChI=1S/C23H37NO6Si/c1-16(25)29-22-19(30-31(7,8)23(2,3)4)11-12-21(26)24(22)14-13-17-9-10-18(27-5)20(15-17)28-6/h9-10,15,19,22H,11-14H2,1-8H3/t19-,22?/m0/s1. The Labute approximate surface area is 187 Å². The molecule has 1 unspecified atom stereocenters. The number of piperidine rings is 1. The number of esters is 1. The normalized spacial score (nSPS) is 19.9. The van der Waals surface area contributed by atoms with E-state index in [0.29, 0.717) is 37.3 Å². The van der Waals surface area contributed by atoms with Gasteiger partial charge in [0.1, 0.15) is 6.10 Å². The molecule has 1 fully saturated rings. The highest BCUT2D eigenvalue weighted by Crippen LogP contribution is 2.39. The summed E-state index contributed by atoms with van der Waals surface area (Å²) in [7, 11) is 1.08. The van der Waals surface area contributed by atoms with Gasteiger partial charge in [0.25, 0.3) is 0 Å². The minimum absolute atomic E-state index is 0.0136. The first-order valence-corrected chi connectivity index (χ1v) is 13.7. The number of carbonyl (C=O) groups excluding carboxylic acids is 2. The van der Waals surface area contributed by atoms with Crippen LogP contribution in [0.2, 0.25) is 18.1 Å². The topological polar surface area (TPSA) is 74.3 Å². The Kier molecular flexibility index (Phi) is 8.16. The number of hydrogen-bond acceptors (Lipinski definition) is 6. The van der Waals surface area contributed by atoms with E-state index in [1.54, 1.807) is 19.1 Å². The Morgan fingerprint density at radius 1 is 1.16 bits per heavy atom. The van der Waals surface area contributed by atoms with Crippen LogP contribution in [0.25, 0.3) is 0 Å². The van der Waals surface area contributed by atoms with E-state index in [2.05, 4.69) is 33.9 Å². The zero-order chi connectivity index (χ0) is 23.4. The number of amides is 1. The van der Waals surface area contributed by atoms with Crippen molar-refractivity contribution >= 4 is 20.2 Å². The van der Waals surface area contributed by atoms with Crippen LogP contribution in [0.4, 0.5) is 0 Å². The summed E-state index contributed by atoms with van der Waals surface area (Å²) in [6.07, 6.45) is 0.483. The van der Waals surface area contributed by atoms with Crippen LogP contribution in [0.5, 0.6) is 11.5 Å². The third-order valence-electron chi connectivity index (χ3n) is 6.22. The second kappa shape index (κ2) is 10.0. The van der Waals surface area contributed by atoms with Crippen molar-refractivity contribution in [3.05, 3.63) is 23.8 Å². The number of likely N-dealkylation sites (tertiary alicyclic amines) is 1. The van der Waals surface area contributed by atoms with Crippen molar-refractivity contribution in [1.82, 2.24) is 4.90 Å². The SMILES string of the molecule is COc1ccc(CCN2C(=O)CC[C@H](O[Si](C)(C)C(C)(C)C)C2OC(C)=O)cc1OC. The molecule has 1 aliphatic rings. The van der Waals surface area contributed by atoms with Crippen molar-refractivity contribution in [3.8, 4) is 11.5 Å². The number of hydrogen-bond donors (Lipinski definition) is 0. The van der Waals surface area contributed by atoms with Crippen LogP contribution in [0.1, 0.15) is 46.1 Å². The van der Waals surface area contributed by atoms with Gasteiger partial charge in [0.05, 0.1) is 14.2 Å². The predicted molar refractivity (Wildman–Crippen MR) is 122 cm³/mol. The smallest absolute Gasteiger partial charge is 0.304 e. The van der Waals surface area contributed by atoms with Gasteiger partial charge in [-0.3, -0.25) is 9.59 Å². The van der Waals surface area contributed by atoms with E-state index in [-0.39, 0.29) is 17.0 Å². The molecule has 174 valence electrons. The van der Waals surface area contributed by atoms with Gasteiger partial charge in [-0.25, -0.2) is 0 Å². The summed E-state index contributed by atoms with van der Waals surface area (Å²) in [5, 5.41) is 0.0136. The van der Waals surface area contributed by atoms with E-state index in [1.807, 2.05) is 18.2 Å². The molecule has 1 amide bonds. The van der Waals surface area contributed by atoms with Gasteiger partial charge in [-0.05, 0) is 48.7 Å². The molecule has 8 heteroatoms. The Morgan fingerprint density at radius 2 is 1.81 bits per heavy atom. The average molecular weight is 452 g/mol. The third kappa shape index (κ3) is 6.23. The summed E-state index contributed by atoms with van der Waals surface area (Å²) in [5.41, 5.74) is 1.000.